The summed E-state index contributed by atoms with van der Waals surface area (Å²) in [5.74, 6) is 0. The molecule has 3 rings (SSSR count). The fraction of sp³-hybridized carbons (Fsp3) is 0. The van der Waals surface area contributed by atoms with Gasteiger partial charge in [0.15, 0.2) is 0 Å². The third kappa shape index (κ3) is 2.05. The highest BCUT2D eigenvalue weighted by Gasteiger charge is 2.09. The molecule has 3 nitrogen and oxygen atoms in total. The Kier molecular flexibility index (Phi) is 2.91. The molecule has 0 saturated carbocycles. The first-order valence-corrected chi connectivity index (χ1v) is 6.02. The minimum absolute atomic E-state index is 0.164. The Hall–Kier alpha value is -2.36. The molecular formula is C16H13NO2. The molecule has 0 aliphatic heterocycles. The molecule has 19 heavy (non-hydrogen) atoms. The van der Waals surface area contributed by atoms with E-state index in [0.717, 1.165) is 21.9 Å². The number of nitrogens with zero attached hydrogens (tertiary/aromatic N) is 1. The summed E-state index contributed by atoms with van der Waals surface area (Å²) in [5, 5.41) is 20.5. The van der Waals surface area contributed by atoms with Crippen LogP contribution in [0.3, 0.4) is 0 Å². The summed E-state index contributed by atoms with van der Waals surface area (Å²) in [4.78, 5) is 0. The highest BCUT2D eigenvalue weighted by molar-refractivity contribution is 6.03. The van der Waals surface area contributed by atoms with Gasteiger partial charge in [-0.1, -0.05) is 60.7 Å². The van der Waals surface area contributed by atoms with E-state index in [1.54, 1.807) is 6.07 Å². The summed E-state index contributed by atoms with van der Waals surface area (Å²) >= 11 is 0. The van der Waals surface area contributed by atoms with Crippen LogP contribution in [0.25, 0.3) is 21.9 Å². The van der Waals surface area contributed by atoms with Gasteiger partial charge in [0.2, 0.25) is 0 Å². The number of anilines is 1. The standard InChI is InChI=1S/C16H13NO2/c18-17(19)16-11-10-13(12-6-2-1-3-7-12)14-8-4-5-9-15(14)16/h1-11,18-19H. The van der Waals surface area contributed by atoms with Gasteiger partial charge in [-0.3, -0.25) is 10.4 Å². The summed E-state index contributed by atoms with van der Waals surface area (Å²) in [6.45, 7) is 0. The third-order valence-electron chi connectivity index (χ3n) is 3.20. The zero-order chi connectivity index (χ0) is 13.2. The molecule has 0 aliphatic rings. The number of rotatable bonds is 2. The maximum absolute atomic E-state index is 9.27. The van der Waals surface area contributed by atoms with Crippen molar-refractivity contribution in [2.24, 2.45) is 0 Å². The molecular weight excluding hydrogens is 238 g/mol. The predicted molar refractivity (Wildman–Crippen MR) is 75.4 cm³/mol. The lowest BCUT2D eigenvalue weighted by Crippen LogP contribution is -2.11. The van der Waals surface area contributed by atoms with Crippen LogP contribution in [-0.2, 0) is 0 Å². The van der Waals surface area contributed by atoms with Crippen molar-refractivity contribution in [3.8, 4) is 11.1 Å². The van der Waals surface area contributed by atoms with Crippen LogP contribution < -0.4 is 5.23 Å². The molecule has 0 fully saturated rings. The first-order valence-electron chi connectivity index (χ1n) is 6.02. The highest BCUT2D eigenvalue weighted by atomic mass is 16.8. The molecule has 3 heteroatoms. The van der Waals surface area contributed by atoms with Crippen LogP contribution >= 0.6 is 0 Å². The molecule has 3 aromatic carbocycles. The van der Waals surface area contributed by atoms with Gasteiger partial charge in [0, 0.05) is 5.39 Å². The Morgan fingerprint density at radius 2 is 1.26 bits per heavy atom. The summed E-state index contributed by atoms with van der Waals surface area (Å²) in [5.41, 5.74) is 2.55. The van der Waals surface area contributed by atoms with Crippen molar-refractivity contribution in [3.63, 3.8) is 0 Å². The van der Waals surface area contributed by atoms with E-state index in [1.165, 1.54) is 0 Å². The van der Waals surface area contributed by atoms with Crippen LogP contribution in [-0.4, -0.2) is 10.4 Å². The second-order valence-electron chi connectivity index (χ2n) is 4.33. The van der Waals surface area contributed by atoms with Crippen LogP contribution in [0.1, 0.15) is 0 Å². The second kappa shape index (κ2) is 4.72. The average molecular weight is 251 g/mol. The smallest absolute Gasteiger partial charge is 0.102 e. The van der Waals surface area contributed by atoms with E-state index in [9.17, 15) is 10.4 Å². The molecule has 0 aromatic heterocycles. The Morgan fingerprint density at radius 3 is 1.95 bits per heavy atom. The topological polar surface area (TPSA) is 43.7 Å². The molecule has 0 radical (unpaired) electrons. The van der Waals surface area contributed by atoms with Crippen LogP contribution in [0.2, 0.25) is 0 Å². The van der Waals surface area contributed by atoms with E-state index < -0.39 is 0 Å². The van der Waals surface area contributed by atoms with E-state index in [4.69, 9.17) is 0 Å². The van der Waals surface area contributed by atoms with Crippen molar-refractivity contribution in [2.45, 2.75) is 0 Å². The van der Waals surface area contributed by atoms with Crippen molar-refractivity contribution in [3.05, 3.63) is 66.7 Å². The van der Waals surface area contributed by atoms with Gasteiger partial charge in [0.25, 0.3) is 0 Å². The third-order valence-corrected chi connectivity index (χ3v) is 3.20. The molecule has 0 aliphatic carbocycles. The Balaban J connectivity index is 2.31. The van der Waals surface area contributed by atoms with Crippen LogP contribution in [0.5, 0.6) is 0 Å². The normalized spacial score (nSPS) is 10.6. The monoisotopic (exact) mass is 251 g/mol. The molecule has 0 atom stereocenters. The molecule has 0 spiro atoms. The Morgan fingerprint density at radius 1 is 0.632 bits per heavy atom. The van der Waals surface area contributed by atoms with Crippen molar-refractivity contribution in [1.29, 1.82) is 0 Å². The summed E-state index contributed by atoms with van der Waals surface area (Å²) in [6.07, 6.45) is 0. The molecule has 3 aromatic rings. The predicted octanol–water partition coefficient (Wildman–Crippen LogP) is 4.09. The first kappa shape index (κ1) is 11.7. The highest BCUT2D eigenvalue weighted by Crippen LogP contribution is 2.33. The molecule has 0 unspecified atom stereocenters. The lowest BCUT2D eigenvalue weighted by molar-refractivity contribution is 0.0300. The van der Waals surface area contributed by atoms with Gasteiger partial charge in [-0.05, 0) is 22.6 Å². The van der Waals surface area contributed by atoms with Gasteiger partial charge in [0.1, 0.15) is 5.69 Å². The van der Waals surface area contributed by atoms with Crippen molar-refractivity contribution < 1.29 is 10.4 Å². The fourth-order valence-electron chi connectivity index (χ4n) is 2.33. The van der Waals surface area contributed by atoms with E-state index in [2.05, 4.69) is 0 Å². The maximum Gasteiger partial charge on any atom is 0.102 e. The van der Waals surface area contributed by atoms with Gasteiger partial charge < -0.3 is 0 Å². The molecule has 2 N–H and O–H groups in total. The lowest BCUT2D eigenvalue weighted by Gasteiger charge is -2.14. The van der Waals surface area contributed by atoms with Gasteiger partial charge in [0.05, 0.1) is 0 Å². The van der Waals surface area contributed by atoms with E-state index in [-0.39, 0.29) is 5.23 Å². The number of benzene rings is 3. The second-order valence-corrected chi connectivity index (χ2v) is 4.33. The lowest BCUT2D eigenvalue weighted by atomic mass is 9.97. The number of hydrogen-bond acceptors (Lipinski definition) is 3. The summed E-state index contributed by atoms with van der Waals surface area (Å²) < 4.78 is 0. The minimum atomic E-state index is 0.164. The van der Waals surface area contributed by atoms with Gasteiger partial charge >= 0.3 is 0 Å². The Labute approximate surface area is 110 Å². The number of fused-ring (bicyclic) bond motifs is 1. The summed E-state index contributed by atoms with van der Waals surface area (Å²) in [6, 6.07) is 21.3. The van der Waals surface area contributed by atoms with Crippen molar-refractivity contribution >= 4 is 16.5 Å². The zero-order valence-corrected chi connectivity index (χ0v) is 10.2. The molecule has 0 saturated heterocycles. The SMILES string of the molecule is ON(O)c1ccc(-c2ccccc2)c2ccccc12. The maximum atomic E-state index is 9.27. The zero-order valence-electron chi connectivity index (χ0n) is 10.2. The van der Waals surface area contributed by atoms with Crippen LogP contribution in [0, 0.1) is 0 Å². The van der Waals surface area contributed by atoms with E-state index in [1.807, 2.05) is 60.7 Å². The van der Waals surface area contributed by atoms with Gasteiger partial charge in [-0.25, -0.2) is 0 Å². The van der Waals surface area contributed by atoms with E-state index >= 15 is 0 Å². The summed E-state index contributed by atoms with van der Waals surface area (Å²) in [7, 11) is 0. The average Bonchev–Trinajstić information content (AvgIpc) is 2.47. The van der Waals surface area contributed by atoms with Crippen LogP contribution in [0.4, 0.5) is 5.69 Å². The first-order chi connectivity index (χ1) is 9.27. The largest absolute Gasteiger partial charge is 0.264 e. The van der Waals surface area contributed by atoms with Gasteiger partial charge in [-0.15, -0.1) is 5.23 Å². The molecule has 94 valence electrons. The Bertz CT molecular complexity index is 708. The minimum Gasteiger partial charge on any atom is -0.264 e. The van der Waals surface area contributed by atoms with Crippen LogP contribution in [0.15, 0.2) is 66.7 Å². The molecule has 0 amide bonds. The van der Waals surface area contributed by atoms with Crippen molar-refractivity contribution in [1.82, 2.24) is 0 Å². The van der Waals surface area contributed by atoms with E-state index in [0.29, 0.717) is 5.69 Å². The van der Waals surface area contributed by atoms with Gasteiger partial charge in [-0.2, -0.15) is 0 Å². The molecule has 0 bridgehead atoms. The fourth-order valence-corrected chi connectivity index (χ4v) is 2.33. The van der Waals surface area contributed by atoms with Crippen molar-refractivity contribution in [2.75, 3.05) is 5.23 Å². The number of hydrogen-bond donors (Lipinski definition) is 2. The molecule has 0 heterocycles. The quantitative estimate of drug-likeness (QED) is 0.674.